The van der Waals surface area contributed by atoms with E-state index in [9.17, 15) is 9.59 Å². The zero-order chi connectivity index (χ0) is 18.9. The molecule has 5 nitrogen and oxygen atoms in total. The molecular weight excluding hydrogens is 346 g/mol. The quantitative estimate of drug-likeness (QED) is 0.816. The van der Waals surface area contributed by atoms with Crippen LogP contribution in [0.1, 0.15) is 16.7 Å². The fourth-order valence-corrected chi connectivity index (χ4v) is 2.98. The molecule has 2 aromatic rings. The lowest BCUT2D eigenvalue weighted by atomic mass is 10.1. The van der Waals surface area contributed by atoms with Crippen molar-refractivity contribution >= 4 is 29.3 Å². The number of carbonyl (C=O) groups is 2. The Kier molecular flexibility index (Phi) is 7.24. The van der Waals surface area contributed by atoms with Crippen molar-refractivity contribution in [1.29, 1.82) is 5.26 Å². The summed E-state index contributed by atoms with van der Waals surface area (Å²) in [6.07, 6.45) is 0. The highest BCUT2D eigenvalue weighted by Crippen LogP contribution is 2.11. The number of hydrogen-bond acceptors (Lipinski definition) is 4. The molecular formula is C20H21N3O2S. The molecule has 0 radical (unpaired) electrons. The molecule has 0 aliphatic heterocycles. The van der Waals surface area contributed by atoms with E-state index in [1.54, 1.807) is 24.1 Å². The van der Waals surface area contributed by atoms with Crippen LogP contribution in [0.4, 0.5) is 5.69 Å². The number of hydrogen-bond donors (Lipinski definition) is 1. The minimum Gasteiger partial charge on any atom is -0.341 e. The van der Waals surface area contributed by atoms with Crippen molar-refractivity contribution in [3.63, 3.8) is 0 Å². The van der Waals surface area contributed by atoms with Crippen molar-refractivity contribution in [1.82, 2.24) is 4.90 Å². The minimum atomic E-state index is -0.124. The SMILES string of the molecule is Cc1ccc(NC(=O)CSCC(=O)N(C)Cc2ccc(C#N)cc2)cc1. The molecule has 0 aliphatic carbocycles. The Bertz CT molecular complexity index is 795. The van der Waals surface area contributed by atoms with Crippen LogP contribution in [0.5, 0.6) is 0 Å². The molecule has 0 saturated carbocycles. The molecule has 0 aliphatic rings. The lowest BCUT2D eigenvalue weighted by Gasteiger charge is -2.17. The average Bonchev–Trinajstić information content (AvgIpc) is 2.64. The lowest BCUT2D eigenvalue weighted by Crippen LogP contribution is -2.28. The topological polar surface area (TPSA) is 73.2 Å². The first kappa shape index (κ1) is 19.5. The van der Waals surface area contributed by atoms with Crippen LogP contribution in [0.25, 0.3) is 0 Å². The third-order valence-electron chi connectivity index (χ3n) is 3.72. The van der Waals surface area contributed by atoms with Gasteiger partial charge in [0.1, 0.15) is 0 Å². The van der Waals surface area contributed by atoms with Gasteiger partial charge in [-0.2, -0.15) is 5.26 Å². The standard InChI is InChI=1S/C20H21N3O2S/c1-15-3-9-18(10-4-15)22-19(24)13-26-14-20(25)23(2)12-17-7-5-16(11-21)6-8-17/h3-10H,12-14H2,1-2H3,(H,22,24). The monoisotopic (exact) mass is 367 g/mol. The molecule has 0 heterocycles. The number of nitriles is 1. The summed E-state index contributed by atoms with van der Waals surface area (Å²) in [7, 11) is 1.73. The second-order valence-corrected chi connectivity index (χ2v) is 6.95. The van der Waals surface area contributed by atoms with Crippen LogP contribution in [-0.4, -0.2) is 35.3 Å². The van der Waals surface area contributed by atoms with Gasteiger partial charge in [0.25, 0.3) is 0 Å². The number of rotatable bonds is 7. The molecule has 2 aromatic carbocycles. The molecule has 0 fully saturated rings. The first-order valence-corrected chi connectivity index (χ1v) is 9.30. The Morgan fingerprint density at radius 3 is 2.35 bits per heavy atom. The fraction of sp³-hybridized carbons (Fsp3) is 0.250. The second kappa shape index (κ2) is 9.64. The van der Waals surface area contributed by atoms with Crippen LogP contribution in [0, 0.1) is 18.3 Å². The smallest absolute Gasteiger partial charge is 0.234 e. The highest BCUT2D eigenvalue weighted by Gasteiger charge is 2.11. The van der Waals surface area contributed by atoms with Crippen molar-refractivity contribution in [2.75, 3.05) is 23.9 Å². The van der Waals surface area contributed by atoms with Gasteiger partial charge in [0, 0.05) is 19.3 Å². The molecule has 0 saturated heterocycles. The number of amides is 2. The van der Waals surface area contributed by atoms with E-state index in [1.165, 1.54) is 11.8 Å². The number of thioether (sulfide) groups is 1. The summed E-state index contributed by atoms with van der Waals surface area (Å²) in [5.74, 6) is 0.308. The molecule has 0 bridgehead atoms. The van der Waals surface area contributed by atoms with Gasteiger partial charge in [-0.1, -0.05) is 29.8 Å². The maximum absolute atomic E-state index is 12.2. The van der Waals surface area contributed by atoms with Gasteiger partial charge in [0.2, 0.25) is 11.8 Å². The molecule has 1 N–H and O–H groups in total. The van der Waals surface area contributed by atoms with E-state index in [1.807, 2.05) is 43.3 Å². The Hall–Kier alpha value is -2.78. The van der Waals surface area contributed by atoms with E-state index < -0.39 is 0 Å². The van der Waals surface area contributed by atoms with Crippen LogP contribution in [0.15, 0.2) is 48.5 Å². The highest BCUT2D eigenvalue weighted by molar-refractivity contribution is 8.00. The maximum Gasteiger partial charge on any atom is 0.234 e. The van der Waals surface area contributed by atoms with Crippen molar-refractivity contribution in [2.24, 2.45) is 0 Å². The Morgan fingerprint density at radius 1 is 1.08 bits per heavy atom. The van der Waals surface area contributed by atoms with Gasteiger partial charge in [0.15, 0.2) is 0 Å². The summed E-state index contributed by atoms with van der Waals surface area (Å²) in [6, 6.07) is 16.8. The summed E-state index contributed by atoms with van der Waals surface area (Å²) in [4.78, 5) is 25.7. The van der Waals surface area contributed by atoms with Crippen LogP contribution < -0.4 is 5.32 Å². The van der Waals surface area contributed by atoms with Gasteiger partial charge < -0.3 is 10.2 Å². The summed E-state index contributed by atoms with van der Waals surface area (Å²) in [6.45, 7) is 2.46. The molecule has 0 unspecified atom stereocenters. The largest absolute Gasteiger partial charge is 0.341 e. The van der Waals surface area contributed by atoms with E-state index in [-0.39, 0.29) is 23.3 Å². The zero-order valence-corrected chi connectivity index (χ0v) is 15.7. The molecule has 0 atom stereocenters. The van der Waals surface area contributed by atoms with Gasteiger partial charge in [-0.3, -0.25) is 9.59 Å². The third-order valence-corrected chi connectivity index (χ3v) is 4.64. The van der Waals surface area contributed by atoms with Gasteiger partial charge in [-0.25, -0.2) is 0 Å². The van der Waals surface area contributed by atoms with Gasteiger partial charge in [0.05, 0.1) is 23.1 Å². The van der Waals surface area contributed by atoms with E-state index in [0.717, 1.165) is 16.8 Å². The first-order valence-electron chi connectivity index (χ1n) is 8.15. The molecule has 0 aromatic heterocycles. The number of nitrogens with one attached hydrogen (secondary N) is 1. The average molecular weight is 367 g/mol. The van der Waals surface area contributed by atoms with E-state index in [4.69, 9.17) is 5.26 Å². The predicted molar refractivity (Wildman–Crippen MR) is 105 cm³/mol. The van der Waals surface area contributed by atoms with Gasteiger partial charge >= 0.3 is 0 Å². The summed E-state index contributed by atoms with van der Waals surface area (Å²) in [5.41, 5.74) is 3.44. The summed E-state index contributed by atoms with van der Waals surface area (Å²) < 4.78 is 0. The van der Waals surface area contributed by atoms with E-state index in [2.05, 4.69) is 11.4 Å². The van der Waals surface area contributed by atoms with Crippen LogP contribution in [0.3, 0.4) is 0 Å². The van der Waals surface area contributed by atoms with Crippen molar-refractivity contribution < 1.29 is 9.59 Å². The minimum absolute atomic E-state index is 0.0394. The van der Waals surface area contributed by atoms with Crippen LogP contribution in [0.2, 0.25) is 0 Å². The number of nitrogens with zero attached hydrogens (tertiary/aromatic N) is 2. The van der Waals surface area contributed by atoms with E-state index in [0.29, 0.717) is 12.1 Å². The van der Waals surface area contributed by atoms with Crippen molar-refractivity contribution in [3.8, 4) is 6.07 Å². The zero-order valence-electron chi connectivity index (χ0n) is 14.9. The van der Waals surface area contributed by atoms with Crippen molar-refractivity contribution in [2.45, 2.75) is 13.5 Å². The van der Waals surface area contributed by atoms with Crippen LogP contribution >= 0.6 is 11.8 Å². The Labute approximate surface area is 158 Å². The molecule has 26 heavy (non-hydrogen) atoms. The number of carbonyl (C=O) groups excluding carboxylic acids is 2. The highest BCUT2D eigenvalue weighted by atomic mass is 32.2. The molecule has 2 amide bonds. The first-order chi connectivity index (χ1) is 12.5. The van der Waals surface area contributed by atoms with E-state index >= 15 is 0 Å². The Morgan fingerprint density at radius 2 is 1.73 bits per heavy atom. The lowest BCUT2D eigenvalue weighted by molar-refractivity contribution is -0.127. The number of aryl methyl sites for hydroxylation is 1. The summed E-state index contributed by atoms with van der Waals surface area (Å²) >= 11 is 1.29. The third kappa shape index (κ3) is 6.26. The number of anilines is 1. The van der Waals surface area contributed by atoms with Crippen LogP contribution in [-0.2, 0) is 16.1 Å². The van der Waals surface area contributed by atoms with Gasteiger partial charge in [-0.05, 0) is 36.8 Å². The fourth-order valence-electron chi connectivity index (χ4n) is 2.22. The molecule has 134 valence electrons. The second-order valence-electron chi connectivity index (χ2n) is 5.97. The predicted octanol–water partition coefficient (Wildman–Crippen LogP) is 3.20. The summed E-state index contributed by atoms with van der Waals surface area (Å²) in [5, 5.41) is 11.6. The molecule has 6 heteroatoms. The van der Waals surface area contributed by atoms with Crippen molar-refractivity contribution in [3.05, 3.63) is 65.2 Å². The molecule has 0 spiro atoms. The maximum atomic E-state index is 12.2. The number of benzene rings is 2. The molecule has 2 rings (SSSR count). The normalized spacial score (nSPS) is 10.0. The van der Waals surface area contributed by atoms with Gasteiger partial charge in [-0.15, -0.1) is 11.8 Å². The Balaban J connectivity index is 1.72.